The van der Waals surface area contributed by atoms with Gasteiger partial charge in [-0.25, -0.2) is 10.0 Å². The summed E-state index contributed by atoms with van der Waals surface area (Å²) in [6.07, 6.45) is 1.74. The van der Waals surface area contributed by atoms with Crippen LogP contribution in [0.25, 0.3) is 6.08 Å². The third-order valence-corrected chi connectivity index (χ3v) is 4.04. The molecule has 1 heterocycles. The maximum Gasteiger partial charge on any atom is 0.280 e. The molecule has 0 radical (unpaired) electrons. The quantitative estimate of drug-likeness (QED) is 0.678. The Hall–Kier alpha value is -1.57. The van der Waals surface area contributed by atoms with Gasteiger partial charge in [0.05, 0.1) is 11.5 Å². The van der Waals surface area contributed by atoms with E-state index in [0.717, 1.165) is 5.56 Å². The molecule has 5 nitrogen and oxygen atoms in total. The van der Waals surface area contributed by atoms with Gasteiger partial charge in [-0.15, -0.1) is 0 Å². The fourth-order valence-electron chi connectivity index (χ4n) is 1.85. The summed E-state index contributed by atoms with van der Waals surface area (Å²) < 4.78 is 5.83. The number of hydrogen-bond donors (Lipinski definition) is 1. The predicted molar refractivity (Wildman–Crippen MR) is 88.0 cm³/mol. The van der Waals surface area contributed by atoms with Crippen molar-refractivity contribution in [3.05, 3.63) is 28.7 Å². The highest BCUT2D eigenvalue weighted by Crippen LogP contribution is 2.34. The van der Waals surface area contributed by atoms with Crippen molar-refractivity contribution in [3.63, 3.8) is 0 Å². The summed E-state index contributed by atoms with van der Waals surface area (Å²) in [7, 11) is 3.53. The Labute approximate surface area is 133 Å². The Bertz CT molecular complexity index is 614. The smallest absolute Gasteiger partial charge is 0.280 e. The topological polar surface area (TPSA) is 53.0 Å². The van der Waals surface area contributed by atoms with Crippen LogP contribution in [0.1, 0.15) is 12.5 Å². The zero-order valence-corrected chi connectivity index (χ0v) is 13.6. The average molecular weight is 324 g/mol. The van der Waals surface area contributed by atoms with E-state index in [2.05, 4.69) is 0 Å². The van der Waals surface area contributed by atoms with Crippen molar-refractivity contribution in [2.45, 2.75) is 6.92 Å². The minimum Gasteiger partial charge on any atom is -0.504 e. The van der Waals surface area contributed by atoms with Crippen LogP contribution in [0.3, 0.4) is 0 Å². The van der Waals surface area contributed by atoms with E-state index >= 15 is 0 Å². The molecular weight excluding hydrogens is 308 g/mol. The number of phenols is 1. The molecule has 1 N–H and O–H groups in total. The number of amides is 1. The first-order valence-electron chi connectivity index (χ1n) is 6.35. The summed E-state index contributed by atoms with van der Waals surface area (Å²) in [6, 6.07) is 4.96. The first-order valence-corrected chi connectivity index (χ1v) is 7.57. The van der Waals surface area contributed by atoms with Crippen molar-refractivity contribution in [2.75, 3.05) is 20.7 Å². The van der Waals surface area contributed by atoms with Gasteiger partial charge in [0.15, 0.2) is 15.8 Å². The molecule has 0 unspecified atom stereocenters. The van der Waals surface area contributed by atoms with E-state index < -0.39 is 0 Å². The molecular formula is C14H16N2O3S2. The van der Waals surface area contributed by atoms with E-state index in [1.807, 2.05) is 6.92 Å². The Morgan fingerprint density at radius 1 is 1.48 bits per heavy atom. The van der Waals surface area contributed by atoms with Crippen LogP contribution >= 0.6 is 24.0 Å². The number of carbonyl (C=O) groups excluding carboxylic acids is 1. The number of carbonyl (C=O) groups is 1. The monoisotopic (exact) mass is 324 g/mol. The number of nitrogens with zero attached hydrogens (tertiary/aromatic N) is 2. The zero-order valence-electron chi connectivity index (χ0n) is 12.0. The highest BCUT2D eigenvalue weighted by atomic mass is 32.2. The van der Waals surface area contributed by atoms with Crippen LogP contribution in [0.2, 0.25) is 0 Å². The largest absolute Gasteiger partial charge is 0.504 e. The second-order valence-electron chi connectivity index (χ2n) is 4.50. The van der Waals surface area contributed by atoms with Crippen LogP contribution in [-0.2, 0) is 4.79 Å². The number of rotatable bonds is 4. The van der Waals surface area contributed by atoms with E-state index in [1.54, 1.807) is 43.4 Å². The first-order chi connectivity index (χ1) is 9.93. The Morgan fingerprint density at radius 2 is 2.19 bits per heavy atom. The van der Waals surface area contributed by atoms with Crippen molar-refractivity contribution in [1.29, 1.82) is 0 Å². The molecule has 0 atom stereocenters. The van der Waals surface area contributed by atoms with Crippen molar-refractivity contribution < 1.29 is 14.6 Å². The molecule has 1 fully saturated rings. The molecule has 1 saturated heterocycles. The van der Waals surface area contributed by atoms with Crippen molar-refractivity contribution in [1.82, 2.24) is 10.0 Å². The summed E-state index contributed by atoms with van der Waals surface area (Å²) in [5.74, 6) is 0.324. The highest BCUT2D eigenvalue weighted by molar-refractivity contribution is 8.26. The van der Waals surface area contributed by atoms with Crippen LogP contribution in [0.5, 0.6) is 11.5 Å². The Morgan fingerprint density at radius 3 is 2.76 bits per heavy atom. The SMILES string of the molecule is CCOc1cc(/C=C2\SC(=S)N(N(C)C)C2=O)ccc1O. The molecule has 0 aromatic heterocycles. The number of thiocarbonyl (C=S) groups is 1. The third-order valence-electron chi connectivity index (χ3n) is 2.75. The molecule has 1 aromatic carbocycles. The van der Waals surface area contributed by atoms with Crippen LogP contribution < -0.4 is 4.74 Å². The van der Waals surface area contributed by atoms with Crippen LogP contribution in [-0.4, -0.2) is 46.1 Å². The van der Waals surface area contributed by atoms with Gasteiger partial charge in [0.1, 0.15) is 0 Å². The summed E-state index contributed by atoms with van der Waals surface area (Å²) in [5.41, 5.74) is 0.774. The van der Waals surface area contributed by atoms with Gasteiger partial charge in [-0.2, -0.15) is 0 Å². The molecule has 1 aromatic rings. The molecule has 112 valence electrons. The molecule has 0 spiro atoms. The summed E-state index contributed by atoms with van der Waals surface area (Å²) in [6.45, 7) is 2.30. The standard InChI is InChI=1S/C14H16N2O3S2/c1-4-19-11-7-9(5-6-10(11)17)8-12-13(18)16(15(2)3)14(20)21-12/h5-8,17H,4H2,1-3H3/b12-8-. The molecule has 7 heteroatoms. The van der Waals surface area contributed by atoms with Gasteiger partial charge < -0.3 is 9.84 Å². The zero-order chi connectivity index (χ0) is 15.6. The lowest BCUT2D eigenvalue weighted by molar-refractivity contribution is -0.130. The number of thioether (sulfide) groups is 1. The lowest BCUT2D eigenvalue weighted by atomic mass is 10.2. The fourth-order valence-corrected chi connectivity index (χ4v) is 3.25. The number of aromatic hydroxyl groups is 1. The molecule has 21 heavy (non-hydrogen) atoms. The Balaban J connectivity index is 2.30. The number of benzene rings is 1. The number of phenolic OH excluding ortho intramolecular Hbond substituents is 1. The molecule has 0 aliphatic carbocycles. The number of hydrazine groups is 1. The average Bonchev–Trinajstić information content (AvgIpc) is 2.68. The summed E-state index contributed by atoms with van der Waals surface area (Å²) in [5, 5.41) is 12.8. The van der Waals surface area contributed by atoms with Crippen molar-refractivity contribution in [3.8, 4) is 11.5 Å². The third kappa shape index (κ3) is 3.37. The minimum atomic E-state index is -0.152. The number of hydrogen-bond acceptors (Lipinski definition) is 6. The van der Waals surface area contributed by atoms with Crippen LogP contribution in [0.15, 0.2) is 23.1 Å². The molecule has 0 bridgehead atoms. The van der Waals surface area contributed by atoms with Gasteiger partial charge in [0.2, 0.25) is 0 Å². The van der Waals surface area contributed by atoms with E-state index in [4.69, 9.17) is 17.0 Å². The molecule has 1 aliphatic heterocycles. The van der Waals surface area contributed by atoms with Crippen LogP contribution in [0.4, 0.5) is 0 Å². The predicted octanol–water partition coefficient (Wildman–Crippen LogP) is 2.47. The maximum absolute atomic E-state index is 12.3. The second-order valence-corrected chi connectivity index (χ2v) is 6.18. The van der Waals surface area contributed by atoms with Gasteiger partial charge in [0.25, 0.3) is 5.91 Å². The second kappa shape index (κ2) is 6.46. The van der Waals surface area contributed by atoms with E-state index in [0.29, 0.717) is 21.6 Å². The molecule has 2 rings (SSSR count). The maximum atomic E-state index is 12.3. The van der Waals surface area contributed by atoms with Gasteiger partial charge in [-0.3, -0.25) is 4.79 Å². The van der Waals surface area contributed by atoms with Crippen LogP contribution in [0, 0.1) is 0 Å². The van der Waals surface area contributed by atoms with Gasteiger partial charge in [-0.1, -0.05) is 30.0 Å². The van der Waals surface area contributed by atoms with Gasteiger partial charge >= 0.3 is 0 Å². The number of ether oxygens (including phenoxy) is 1. The van der Waals surface area contributed by atoms with Gasteiger partial charge in [0, 0.05) is 14.1 Å². The lowest BCUT2D eigenvalue weighted by Crippen LogP contribution is -2.39. The summed E-state index contributed by atoms with van der Waals surface area (Å²) >= 11 is 6.45. The van der Waals surface area contributed by atoms with Crippen molar-refractivity contribution >= 4 is 40.3 Å². The Kier molecular flexibility index (Phi) is 4.87. The van der Waals surface area contributed by atoms with E-state index in [9.17, 15) is 9.90 Å². The fraction of sp³-hybridized carbons (Fsp3) is 0.286. The van der Waals surface area contributed by atoms with Crippen molar-refractivity contribution in [2.24, 2.45) is 0 Å². The molecule has 1 aliphatic rings. The summed E-state index contributed by atoms with van der Waals surface area (Å²) in [4.78, 5) is 12.8. The van der Waals surface area contributed by atoms with E-state index in [-0.39, 0.29) is 11.7 Å². The normalized spacial score (nSPS) is 17.1. The van der Waals surface area contributed by atoms with E-state index in [1.165, 1.54) is 16.8 Å². The highest BCUT2D eigenvalue weighted by Gasteiger charge is 2.33. The minimum absolute atomic E-state index is 0.0786. The van der Waals surface area contributed by atoms with Gasteiger partial charge in [-0.05, 0) is 30.7 Å². The lowest BCUT2D eigenvalue weighted by Gasteiger charge is -2.21. The molecule has 0 saturated carbocycles. The molecule has 1 amide bonds. The first kappa shape index (κ1) is 15.8.